The van der Waals surface area contributed by atoms with Crippen LogP contribution in [0.25, 0.3) is 11.1 Å². The number of nitrogens with zero attached hydrogens (tertiary/aromatic N) is 1. The number of ether oxygens (including phenoxy) is 1. The Morgan fingerprint density at radius 1 is 1.07 bits per heavy atom. The molecule has 2 aromatic carbocycles. The molecule has 0 atom stereocenters. The van der Waals surface area contributed by atoms with E-state index in [9.17, 15) is 8.42 Å². The molecule has 0 amide bonds. The molecular formula is C19H20N4O3S. The second-order valence-electron chi connectivity index (χ2n) is 5.88. The average Bonchev–Trinajstić information content (AvgIpc) is 2.67. The summed E-state index contributed by atoms with van der Waals surface area (Å²) in [6.07, 6.45) is 1.54. The zero-order valence-electron chi connectivity index (χ0n) is 14.7. The molecule has 0 saturated carbocycles. The number of pyridine rings is 1. The van der Waals surface area contributed by atoms with Gasteiger partial charge in [0.15, 0.2) is 0 Å². The molecule has 140 valence electrons. The van der Waals surface area contributed by atoms with E-state index in [0.717, 1.165) is 16.7 Å². The SMILES string of the molecule is COc1ncc(N)c(NCc2ccc(S(N)(=O)=O)cc2)c1-c1ccccc1. The van der Waals surface area contributed by atoms with Crippen LogP contribution in [0.1, 0.15) is 5.56 Å². The monoisotopic (exact) mass is 384 g/mol. The highest BCUT2D eigenvalue weighted by Crippen LogP contribution is 2.38. The Morgan fingerprint density at radius 2 is 1.74 bits per heavy atom. The van der Waals surface area contributed by atoms with Crippen LogP contribution in [-0.4, -0.2) is 20.5 Å². The number of nitrogens with one attached hydrogen (secondary N) is 1. The molecule has 0 aliphatic carbocycles. The van der Waals surface area contributed by atoms with Crippen molar-refractivity contribution in [3.63, 3.8) is 0 Å². The van der Waals surface area contributed by atoms with Crippen LogP contribution in [-0.2, 0) is 16.6 Å². The second-order valence-corrected chi connectivity index (χ2v) is 7.44. The molecule has 3 aromatic rings. The molecule has 5 N–H and O–H groups in total. The van der Waals surface area contributed by atoms with Gasteiger partial charge in [0, 0.05) is 6.54 Å². The number of aromatic nitrogens is 1. The van der Waals surface area contributed by atoms with Crippen LogP contribution in [0.15, 0.2) is 65.7 Å². The molecule has 27 heavy (non-hydrogen) atoms. The molecule has 0 fully saturated rings. The van der Waals surface area contributed by atoms with Crippen molar-refractivity contribution in [2.75, 3.05) is 18.2 Å². The highest BCUT2D eigenvalue weighted by Gasteiger charge is 2.16. The lowest BCUT2D eigenvalue weighted by Crippen LogP contribution is -2.12. The quantitative estimate of drug-likeness (QED) is 0.601. The lowest BCUT2D eigenvalue weighted by molar-refractivity contribution is 0.400. The molecule has 0 unspecified atom stereocenters. The topological polar surface area (TPSA) is 120 Å². The molecular weight excluding hydrogens is 364 g/mol. The van der Waals surface area contributed by atoms with E-state index >= 15 is 0 Å². The molecule has 0 bridgehead atoms. The molecule has 0 aliphatic heterocycles. The van der Waals surface area contributed by atoms with Gasteiger partial charge in [-0.15, -0.1) is 0 Å². The van der Waals surface area contributed by atoms with Crippen molar-refractivity contribution in [1.82, 2.24) is 4.98 Å². The predicted molar refractivity (Wildman–Crippen MR) is 106 cm³/mol. The third-order valence-electron chi connectivity index (χ3n) is 4.05. The summed E-state index contributed by atoms with van der Waals surface area (Å²) in [6.45, 7) is 0.433. The minimum absolute atomic E-state index is 0.0707. The van der Waals surface area contributed by atoms with E-state index in [1.807, 2.05) is 30.3 Å². The summed E-state index contributed by atoms with van der Waals surface area (Å²) in [6, 6.07) is 16.0. The number of methoxy groups -OCH3 is 1. The number of anilines is 2. The first-order chi connectivity index (χ1) is 12.9. The molecule has 0 saturated heterocycles. The molecule has 1 aromatic heterocycles. The molecule has 0 radical (unpaired) electrons. The Morgan fingerprint density at radius 3 is 2.33 bits per heavy atom. The maximum atomic E-state index is 11.4. The summed E-state index contributed by atoms with van der Waals surface area (Å²) >= 11 is 0. The smallest absolute Gasteiger partial charge is 0.238 e. The Kier molecular flexibility index (Phi) is 5.29. The first-order valence-electron chi connectivity index (χ1n) is 8.13. The maximum Gasteiger partial charge on any atom is 0.238 e. The van der Waals surface area contributed by atoms with Crippen LogP contribution >= 0.6 is 0 Å². The van der Waals surface area contributed by atoms with Crippen LogP contribution < -0.4 is 20.9 Å². The van der Waals surface area contributed by atoms with E-state index in [4.69, 9.17) is 15.6 Å². The van der Waals surface area contributed by atoms with Gasteiger partial charge < -0.3 is 15.8 Å². The van der Waals surface area contributed by atoms with Gasteiger partial charge in [0.05, 0.1) is 35.1 Å². The molecule has 0 aliphatic rings. The van der Waals surface area contributed by atoms with Gasteiger partial charge in [-0.1, -0.05) is 42.5 Å². The Hall–Kier alpha value is -3.10. The zero-order chi connectivity index (χ0) is 19.4. The van der Waals surface area contributed by atoms with Gasteiger partial charge in [-0.3, -0.25) is 0 Å². The van der Waals surface area contributed by atoms with Crippen LogP contribution in [0.4, 0.5) is 11.4 Å². The Labute approximate surface area is 158 Å². The number of primary sulfonamides is 1. The van der Waals surface area contributed by atoms with Gasteiger partial charge in [-0.25, -0.2) is 18.5 Å². The molecule has 0 spiro atoms. The van der Waals surface area contributed by atoms with Crippen LogP contribution in [0.5, 0.6) is 5.88 Å². The van der Waals surface area contributed by atoms with Gasteiger partial charge in [-0.05, 0) is 23.3 Å². The minimum Gasteiger partial charge on any atom is -0.480 e. The summed E-state index contributed by atoms with van der Waals surface area (Å²) in [5, 5.41) is 8.43. The first-order valence-corrected chi connectivity index (χ1v) is 9.68. The average molecular weight is 384 g/mol. The van der Waals surface area contributed by atoms with Gasteiger partial charge >= 0.3 is 0 Å². The van der Waals surface area contributed by atoms with Gasteiger partial charge in [0.1, 0.15) is 0 Å². The number of benzene rings is 2. The standard InChI is InChI=1S/C19H20N4O3S/c1-26-19-17(14-5-3-2-4-6-14)18(16(20)12-23-19)22-11-13-7-9-15(10-8-13)27(21,24)25/h2-10,12H,11,20H2,1H3,(H,22,23)(H2,21,24,25). The second kappa shape index (κ2) is 7.65. The summed E-state index contributed by atoms with van der Waals surface area (Å²) in [4.78, 5) is 4.33. The van der Waals surface area contributed by atoms with Crippen LogP contribution in [0, 0.1) is 0 Å². The Bertz CT molecular complexity index is 1040. The fraction of sp³-hybridized carbons (Fsp3) is 0.105. The first kappa shape index (κ1) is 18.7. The molecule has 3 rings (SSSR count). The number of hydrogen-bond donors (Lipinski definition) is 3. The van der Waals surface area contributed by atoms with E-state index in [0.29, 0.717) is 23.8 Å². The van der Waals surface area contributed by atoms with Crippen molar-refractivity contribution in [1.29, 1.82) is 0 Å². The van der Waals surface area contributed by atoms with Crippen LogP contribution in [0.3, 0.4) is 0 Å². The number of nitrogen functional groups attached to an aromatic ring is 1. The fourth-order valence-corrected chi connectivity index (χ4v) is 3.23. The van der Waals surface area contributed by atoms with Crippen molar-refractivity contribution >= 4 is 21.4 Å². The van der Waals surface area contributed by atoms with Crippen molar-refractivity contribution < 1.29 is 13.2 Å². The molecule has 7 nitrogen and oxygen atoms in total. The zero-order valence-corrected chi connectivity index (χ0v) is 15.5. The predicted octanol–water partition coefficient (Wildman–Crippen LogP) is 2.60. The van der Waals surface area contributed by atoms with E-state index in [1.54, 1.807) is 19.2 Å². The molecule has 8 heteroatoms. The van der Waals surface area contributed by atoms with Gasteiger partial charge in [-0.2, -0.15) is 0 Å². The summed E-state index contributed by atoms with van der Waals surface area (Å²) < 4.78 is 28.1. The lowest BCUT2D eigenvalue weighted by atomic mass is 10.0. The van der Waals surface area contributed by atoms with Crippen molar-refractivity contribution in [3.8, 4) is 17.0 Å². The van der Waals surface area contributed by atoms with E-state index in [-0.39, 0.29) is 4.90 Å². The number of sulfonamides is 1. The van der Waals surface area contributed by atoms with E-state index < -0.39 is 10.0 Å². The number of rotatable bonds is 6. The lowest BCUT2D eigenvalue weighted by Gasteiger charge is -2.17. The van der Waals surface area contributed by atoms with Crippen molar-refractivity contribution in [2.45, 2.75) is 11.4 Å². The summed E-state index contributed by atoms with van der Waals surface area (Å²) in [5.41, 5.74) is 9.88. The van der Waals surface area contributed by atoms with Crippen molar-refractivity contribution in [3.05, 3.63) is 66.4 Å². The highest BCUT2D eigenvalue weighted by molar-refractivity contribution is 7.89. The fourth-order valence-electron chi connectivity index (χ4n) is 2.71. The Balaban J connectivity index is 1.93. The normalized spacial score (nSPS) is 11.2. The van der Waals surface area contributed by atoms with Gasteiger partial charge in [0.2, 0.25) is 15.9 Å². The van der Waals surface area contributed by atoms with Crippen molar-refractivity contribution in [2.24, 2.45) is 5.14 Å². The number of nitrogens with two attached hydrogens (primary N) is 2. The summed E-state index contributed by atoms with van der Waals surface area (Å²) in [5.74, 6) is 0.461. The van der Waals surface area contributed by atoms with Crippen LogP contribution in [0.2, 0.25) is 0 Å². The number of hydrogen-bond acceptors (Lipinski definition) is 6. The van der Waals surface area contributed by atoms with Gasteiger partial charge in [0.25, 0.3) is 0 Å². The third kappa shape index (κ3) is 4.18. The van der Waals surface area contributed by atoms with E-state index in [1.165, 1.54) is 18.3 Å². The minimum atomic E-state index is -3.71. The molecule has 1 heterocycles. The third-order valence-corrected chi connectivity index (χ3v) is 4.98. The largest absolute Gasteiger partial charge is 0.480 e. The van der Waals surface area contributed by atoms with E-state index in [2.05, 4.69) is 10.3 Å². The highest BCUT2D eigenvalue weighted by atomic mass is 32.2. The maximum absolute atomic E-state index is 11.4. The summed E-state index contributed by atoms with van der Waals surface area (Å²) in [7, 11) is -2.15.